The molecule has 0 bridgehead atoms. The van der Waals surface area contributed by atoms with Crippen LogP contribution in [0.25, 0.3) is 128 Å². The van der Waals surface area contributed by atoms with Gasteiger partial charge in [0.1, 0.15) is 0 Å². The highest BCUT2D eigenvalue weighted by atomic mass is 19.4. The van der Waals surface area contributed by atoms with Crippen LogP contribution in [-0.4, -0.2) is 28.7 Å². The van der Waals surface area contributed by atoms with E-state index in [1.807, 2.05) is 78.9 Å². The van der Waals surface area contributed by atoms with Gasteiger partial charge in [0.05, 0.1) is 44.4 Å². The van der Waals surface area contributed by atoms with Crippen LogP contribution in [0.4, 0.5) is 13.2 Å². The van der Waals surface area contributed by atoms with Crippen LogP contribution in [0, 0.1) is 0 Å². The molecule has 0 spiro atoms. The van der Waals surface area contributed by atoms with E-state index in [-0.39, 0.29) is 0 Å². The Kier molecular flexibility index (Phi) is 9.56. The Bertz CT molecular complexity index is 4160. The van der Waals surface area contributed by atoms with Crippen LogP contribution >= 0.6 is 0 Å². The van der Waals surface area contributed by atoms with Gasteiger partial charge in [0.2, 0.25) is 0 Å². The number of nitrogens with zero attached hydrogens (tertiary/aromatic N) is 6. The highest BCUT2D eigenvalue weighted by molar-refractivity contribution is 6.14. The predicted octanol–water partition coefficient (Wildman–Crippen LogP) is 16.8. The quantitative estimate of drug-likeness (QED) is 0.160. The number of para-hydroxylation sites is 4. The van der Waals surface area contributed by atoms with Crippen molar-refractivity contribution in [3.63, 3.8) is 0 Å². The Labute approximate surface area is 416 Å². The van der Waals surface area contributed by atoms with Gasteiger partial charge in [-0.1, -0.05) is 152 Å². The fraction of sp³-hybridized carbons (Fsp3) is 0.0156. The second-order valence-corrected chi connectivity index (χ2v) is 18.3. The lowest BCUT2D eigenvalue weighted by Gasteiger charge is -2.17. The molecule has 14 aromatic rings. The van der Waals surface area contributed by atoms with Crippen molar-refractivity contribution < 1.29 is 13.2 Å². The first kappa shape index (κ1) is 42.3. The summed E-state index contributed by atoms with van der Waals surface area (Å²) in [6, 6.07) is 78.0. The molecule has 73 heavy (non-hydrogen) atoms. The third-order valence-electron chi connectivity index (χ3n) is 14.1. The van der Waals surface area contributed by atoms with Crippen molar-refractivity contribution in [1.82, 2.24) is 28.7 Å². The summed E-state index contributed by atoms with van der Waals surface area (Å²) < 4.78 is 49.9. The van der Waals surface area contributed by atoms with E-state index >= 15 is 0 Å². The third kappa shape index (κ3) is 6.92. The average Bonchev–Trinajstić information content (AvgIpc) is 4.08. The molecule has 346 valence electrons. The Morgan fingerprint density at radius 3 is 1.15 bits per heavy atom. The van der Waals surface area contributed by atoms with Crippen molar-refractivity contribution in [2.24, 2.45) is 0 Å². The molecule has 0 fully saturated rings. The van der Waals surface area contributed by atoms with Crippen LogP contribution in [0.5, 0.6) is 0 Å². The SMILES string of the molecule is FC(F)(F)c1cccc(-c2ccc(-c3nc(-c4ccccc4)nc(-c4ccccc4)n3)c(-n3c4ccc(-n5c6ccccc6c6ccccc65)cc4c4cc(-n5c6ccccc6c6ccccc65)ccc43)c2)c1. The fourth-order valence-corrected chi connectivity index (χ4v) is 10.8. The number of hydrogen-bond donors (Lipinski definition) is 0. The van der Waals surface area contributed by atoms with E-state index in [1.165, 1.54) is 12.1 Å². The summed E-state index contributed by atoms with van der Waals surface area (Å²) in [7, 11) is 0. The first-order valence-corrected chi connectivity index (χ1v) is 24.1. The summed E-state index contributed by atoms with van der Waals surface area (Å²) >= 11 is 0. The smallest absolute Gasteiger partial charge is 0.309 e. The van der Waals surface area contributed by atoms with Crippen LogP contribution < -0.4 is 0 Å². The number of aromatic nitrogens is 6. The van der Waals surface area contributed by atoms with Gasteiger partial charge in [-0.15, -0.1) is 0 Å². The summed E-state index contributed by atoms with van der Waals surface area (Å²) in [5, 5.41) is 6.61. The van der Waals surface area contributed by atoms with E-state index < -0.39 is 11.7 Å². The number of hydrogen-bond acceptors (Lipinski definition) is 3. The second kappa shape index (κ2) is 16.5. The maximum absolute atomic E-state index is 14.4. The summed E-state index contributed by atoms with van der Waals surface area (Å²) in [5.41, 5.74) is 11.4. The molecule has 0 aliphatic carbocycles. The minimum absolute atomic E-state index is 0.414. The first-order chi connectivity index (χ1) is 35.8. The summed E-state index contributed by atoms with van der Waals surface area (Å²) in [5.74, 6) is 1.40. The Balaban J connectivity index is 1.09. The predicted molar refractivity (Wildman–Crippen MR) is 290 cm³/mol. The lowest BCUT2D eigenvalue weighted by Crippen LogP contribution is -2.05. The Morgan fingerprint density at radius 1 is 0.288 bits per heavy atom. The molecule has 0 atom stereocenters. The summed E-state index contributed by atoms with van der Waals surface area (Å²) in [6.45, 7) is 0. The van der Waals surface area contributed by atoms with Crippen molar-refractivity contribution in [3.05, 3.63) is 242 Å². The molecule has 0 saturated heterocycles. The Morgan fingerprint density at radius 2 is 0.685 bits per heavy atom. The number of alkyl halides is 3. The van der Waals surface area contributed by atoms with Gasteiger partial charge in [0.15, 0.2) is 17.5 Å². The highest BCUT2D eigenvalue weighted by Gasteiger charge is 2.31. The topological polar surface area (TPSA) is 53.5 Å². The molecule has 4 heterocycles. The van der Waals surface area contributed by atoms with E-state index in [4.69, 9.17) is 15.0 Å². The summed E-state index contributed by atoms with van der Waals surface area (Å²) in [6.07, 6.45) is -4.53. The molecule has 0 aliphatic rings. The maximum atomic E-state index is 14.4. The normalized spacial score (nSPS) is 12.0. The zero-order chi connectivity index (χ0) is 48.8. The minimum atomic E-state index is -4.53. The molecule has 0 saturated carbocycles. The number of fused-ring (bicyclic) bond motifs is 9. The van der Waals surface area contributed by atoms with E-state index in [9.17, 15) is 13.2 Å². The van der Waals surface area contributed by atoms with Crippen LogP contribution in [0.3, 0.4) is 0 Å². The summed E-state index contributed by atoms with van der Waals surface area (Å²) in [4.78, 5) is 15.4. The van der Waals surface area contributed by atoms with E-state index in [0.717, 1.165) is 94.0 Å². The van der Waals surface area contributed by atoms with E-state index in [2.05, 4.69) is 147 Å². The molecule has 4 aromatic heterocycles. The van der Waals surface area contributed by atoms with Gasteiger partial charge in [-0.2, -0.15) is 13.2 Å². The van der Waals surface area contributed by atoms with E-state index in [0.29, 0.717) is 39.9 Å². The number of benzene rings is 10. The molecule has 0 aliphatic heterocycles. The molecule has 9 heteroatoms. The molecule has 0 radical (unpaired) electrons. The van der Waals surface area contributed by atoms with E-state index in [1.54, 1.807) is 6.07 Å². The monoisotopic (exact) mass is 948 g/mol. The number of rotatable bonds is 7. The molecular weight excluding hydrogens is 910 g/mol. The van der Waals surface area contributed by atoms with Crippen molar-refractivity contribution in [2.45, 2.75) is 6.18 Å². The lowest BCUT2D eigenvalue weighted by atomic mass is 9.99. The first-order valence-electron chi connectivity index (χ1n) is 24.1. The molecule has 10 aromatic carbocycles. The van der Waals surface area contributed by atoms with Crippen LogP contribution in [0.15, 0.2) is 237 Å². The molecule has 14 rings (SSSR count). The molecule has 0 N–H and O–H groups in total. The van der Waals surface area contributed by atoms with Gasteiger partial charge < -0.3 is 13.7 Å². The second-order valence-electron chi connectivity index (χ2n) is 18.3. The van der Waals surface area contributed by atoms with Crippen LogP contribution in [0.2, 0.25) is 0 Å². The molecule has 0 amide bonds. The van der Waals surface area contributed by atoms with Gasteiger partial charge in [-0.25, -0.2) is 15.0 Å². The van der Waals surface area contributed by atoms with Crippen LogP contribution in [-0.2, 0) is 6.18 Å². The maximum Gasteiger partial charge on any atom is 0.416 e. The van der Waals surface area contributed by atoms with Crippen molar-refractivity contribution in [1.29, 1.82) is 0 Å². The Hall–Kier alpha value is -9.60. The van der Waals surface area contributed by atoms with Gasteiger partial charge in [0, 0.05) is 60.4 Å². The van der Waals surface area contributed by atoms with Crippen molar-refractivity contribution >= 4 is 65.4 Å². The third-order valence-corrected chi connectivity index (χ3v) is 14.1. The van der Waals surface area contributed by atoms with Gasteiger partial charge >= 0.3 is 6.18 Å². The molecule has 0 unspecified atom stereocenters. The standard InChI is InChI=1S/C64H39F3N6/c65-64(66,67)44-21-15-20-42(36-44)43-30-33-51(63-69-61(40-16-3-1-4-17-40)68-62(70-63)41-18-5-2-6-19-41)60(37-43)73-58-34-31-45(71-54-26-11-7-22-47(54)48-23-8-12-27-55(48)71)38-52(58)53-39-46(32-35-59(53)73)72-56-28-13-9-24-49(56)50-25-10-14-29-57(50)72/h1-39H. The van der Waals surface area contributed by atoms with Gasteiger partial charge in [0.25, 0.3) is 0 Å². The average molecular weight is 949 g/mol. The molecular formula is C64H39F3N6. The van der Waals surface area contributed by atoms with Gasteiger partial charge in [-0.3, -0.25) is 0 Å². The van der Waals surface area contributed by atoms with Gasteiger partial charge in [-0.05, 0) is 96.1 Å². The highest BCUT2D eigenvalue weighted by Crippen LogP contribution is 2.43. The lowest BCUT2D eigenvalue weighted by molar-refractivity contribution is -0.137. The zero-order valence-electron chi connectivity index (χ0n) is 38.8. The minimum Gasteiger partial charge on any atom is -0.309 e. The van der Waals surface area contributed by atoms with Crippen molar-refractivity contribution in [2.75, 3.05) is 0 Å². The number of halogens is 3. The molecule has 6 nitrogen and oxygen atoms in total. The zero-order valence-corrected chi connectivity index (χ0v) is 38.8. The van der Waals surface area contributed by atoms with Crippen molar-refractivity contribution in [3.8, 4) is 62.4 Å². The fourth-order valence-electron chi connectivity index (χ4n) is 10.8. The largest absolute Gasteiger partial charge is 0.416 e. The van der Waals surface area contributed by atoms with Crippen LogP contribution in [0.1, 0.15) is 5.56 Å².